The molecule has 7 aromatic carbocycles. The number of nitrogens with zero attached hydrogens (tertiary/aromatic N) is 3. The van der Waals surface area contributed by atoms with Crippen LogP contribution in [0.2, 0.25) is 0 Å². The first-order valence-corrected chi connectivity index (χ1v) is 17.2. The Morgan fingerprint density at radius 2 is 0.612 bits per heavy atom. The van der Waals surface area contributed by atoms with Gasteiger partial charge in [-0.05, 0) is 45.5 Å². The summed E-state index contributed by atoms with van der Waals surface area (Å²) in [4.78, 5) is 15.1. The van der Waals surface area contributed by atoms with E-state index in [2.05, 4.69) is 164 Å². The minimum absolute atomic E-state index is 0.648. The quantitative estimate of drug-likeness (QED) is 0.181. The Hall–Kier alpha value is -6.23. The van der Waals surface area contributed by atoms with Crippen LogP contribution in [0.25, 0.3) is 87.7 Å². The summed E-state index contributed by atoms with van der Waals surface area (Å²) in [6, 6.07) is 61.7. The number of fused-ring (bicyclic) bond motifs is 3. The molecule has 0 amide bonds. The molecule has 9 aromatic rings. The van der Waals surface area contributed by atoms with Crippen molar-refractivity contribution < 1.29 is 0 Å². The van der Waals surface area contributed by atoms with E-state index in [4.69, 9.17) is 15.0 Å². The zero-order valence-corrected chi connectivity index (χ0v) is 27.3. The van der Waals surface area contributed by atoms with Crippen LogP contribution in [0.4, 0.5) is 0 Å². The van der Waals surface area contributed by atoms with Gasteiger partial charge in [-0.2, -0.15) is 0 Å². The van der Waals surface area contributed by atoms with Gasteiger partial charge in [0.25, 0.3) is 0 Å². The summed E-state index contributed by atoms with van der Waals surface area (Å²) in [5, 5.41) is 2.53. The topological polar surface area (TPSA) is 38.7 Å². The molecule has 0 aliphatic carbocycles. The van der Waals surface area contributed by atoms with Gasteiger partial charge in [-0.15, -0.1) is 11.3 Å². The predicted octanol–water partition coefficient (Wildman–Crippen LogP) is 12.2. The number of rotatable bonds is 6. The summed E-state index contributed by atoms with van der Waals surface area (Å²) in [6.07, 6.45) is 0. The molecule has 0 atom stereocenters. The Balaban J connectivity index is 1.10. The Kier molecular flexibility index (Phi) is 7.34. The van der Waals surface area contributed by atoms with Crippen molar-refractivity contribution in [2.24, 2.45) is 0 Å². The molecular weight excluding hydrogens is 615 g/mol. The Morgan fingerprint density at radius 3 is 1.10 bits per heavy atom. The van der Waals surface area contributed by atoms with Crippen LogP contribution in [0.1, 0.15) is 0 Å². The lowest BCUT2D eigenvalue weighted by Gasteiger charge is -2.10. The molecule has 0 unspecified atom stereocenters. The highest BCUT2D eigenvalue weighted by Crippen LogP contribution is 2.36. The van der Waals surface area contributed by atoms with Gasteiger partial charge in [0.05, 0.1) is 0 Å². The molecule has 0 spiro atoms. The fourth-order valence-electron chi connectivity index (χ4n) is 6.37. The largest absolute Gasteiger partial charge is 0.208 e. The van der Waals surface area contributed by atoms with Gasteiger partial charge >= 0.3 is 0 Å². The average molecular weight is 644 g/mol. The first-order valence-electron chi connectivity index (χ1n) is 16.4. The van der Waals surface area contributed by atoms with Gasteiger partial charge < -0.3 is 0 Å². The number of benzene rings is 7. The van der Waals surface area contributed by atoms with E-state index in [0.29, 0.717) is 17.5 Å². The van der Waals surface area contributed by atoms with Gasteiger partial charge in [0, 0.05) is 36.9 Å². The Morgan fingerprint density at radius 1 is 0.265 bits per heavy atom. The molecule has 230 valence electrons. The maximum atomic E-state index is 5.06. The molecule has 0 aliphatic rings. The number of aromatic nitrogens is 3. The molecule has 9 rings (SSSR count). The summed E-state index contributed by atoms with van der Waals surface area (Å²) < 4.78 is 2.50. The lowest BCUT2D eigenvalue weighted by molar-refractivity contribution is 1.07. The van der Waals surface area contributed by atoms with E-state index >= 15 is 0 Å². The van der Waals surface area contributed by atoms with E-state index < -0.39 is 0 Å². The summed E-state index contributed by atoms with van der Waals surface area (Å²) in [5.41, 5.74) is 9.92. The highest BCUT2D eigenvalue weighted by atomic mass is 32.1. The smallest absolute Gasteiger partial charge is 0.164 e. The molecule has 49 heavy (non-hydrogen) atoms. The third-order valence-electron chi connectivity index (χ3n) is 8.99. The van der Waals surface area contributed by atoms with Crippen molar-refractivity contribution in [1.29, 1.82) is 0 Å². The summed E-state index contributed by atoms with van der Waals surface area (Å²) >= 11 is 1.80. The molecule has 4 heteroatoms. The Bertz CT molecular complexity index is 2560. The van der Waals surface area contributed by atoms with Crippen LogP contribution in [0.3, 0.4) is 0 Å². The Labute approximate surface area is 288 Å². The maximum Gasteiger partial charge on any atom is 0.164 e. The van der Waals surface area contributed by atoms with E-state index in [1.165, 1.54) is 42.4 Å². The molecule has 0 saturated carbocycles. The summed E-state index contributed by atoms with van der Waals surface area (Å²) in [5.74, 6) is 1.96. The normalized spacial score (nSPS) is 11.3. The van der Waals surface area contributed by atoms with E-state index in [0.717, 1.165) is 27.8 Å². The second-order valence-corrected chi connectivity index (χ2v) is 13.2. The van der Waals surface area contributed by atoms with E-state index in [-0.39, 0.29) is 0 Å². The lowest BCUT2D eigenvalue weighted by atomic mass is 9.99. The average Bonchev–Trinajstić information content (AvgIpc) is 3.57. The minimum Gasteiger partial charge on any atom is -0.208 e. The van der Waals surface area contributed by atoms with Gasteiger partial charge in [0.1, 0.15) is 0 Å². The van der Waals surface area contributed by atoms with Crippen LogP contribution in [0.5, 0.6) is 0 Å². The second-order valence-electron chi connectivity index (χ2n) is 12.1. The molecule has 3 nitrogen and oxygen atoms in total. The van der Waals surface area contributed by atoms with E-state index in [1.54, 1.807) is 11.3 Å². The summed E-state index contributed by atoms with van der Waals surface area (Å²) in [6.45, 7) is 0. The number of thiophene rings is 1. The van der Waals surface area contributed by atoms with Gasteiger partial charge in [-0.25, -0.2) is 15.0 Å². The third kappa shape index (κ3) is 5.69. The van der Waals surface area contributed by atoms with Crippen LogP contribution >= 0.6 is 11.3 Å². The predicted molar refractivity (Wildman–Crippen MR) is 205 cm³/mol. The molecule has 0 aliphatic heterocycles. The molecule has 0 bridgehead atoms. The van der Waals surface area contributed by atoms with Crippen molar-refractivity contribution in [3.05, 3.63) is 176 Å². The zero-order valence-electron chi connectivity index (χ0n) is 26.5. The number of hydrogen-bond donors (Lipinski definition) is 0. The first kappa shape index (κ1) is 29.0. The van der Waals surface area contributed by atoms with Gasteiger partial charge in [-0.1, -0.05) is 164 Å². The fraction of sp³-hybridized carbons (Fsp3) is 0. The fourth-order valence-corrected chi connectivity index (χ4v) is 7.51. The van der Waals surface area contributed by atoms with Crippen LogP contribution in [-0.4, -0.2) is 15.0 Å². The lowest BCUT2D eigenvalue weighted by Crippen LogP contribution is -2.00. The van der Waals surface area contributed by atoms with Gasteiger partial charge in [0.2, 0.25) is 0 Å². The highest BCUT2D eigenvalue weighted by Gasteiger charge is 2.15. The van der Waals surface area contributed by atoms with Crippen molar-refractivity contribution in [2.75, 3.05) is 0 Å². The van der Waals surface area contributed by atoms with Crippen LogP contribution < -0.4 is 0 Å². The maximum absolute atomic E-state index is 5.06. The van der Waals surface area contributed by atoms with Crippen LogP contribution in [0, 0.1) is 0 Å². The minimum atomic E-state index is 0.648. The van der Waals surface area contributed by atoms with Crippen LogP contribution in [0.15, 0.2) is 176 Å². The zero-order chi connectivity index (χ0) is 32.6. The van der Waals surface area contributed by atoms with Crippen molar-refractivity contribution in [1.82, 2.24) is 15.0 Å². The molecule has 2 aromatic heterocycles. The van der Waals surface area contributed by atoms with Crippen molar-refractivity contribution in [2.45, 2.75) is 0 Å². The molecule has 0 radical (unpaired) electrons. The molecule has 0 saturated heterocycles. The molecule has 0 fully saturated rings. The first-order chi connectivity index (χ1) is 24.2. The van der Waals surface area contributed by atoms with Gasteiger partial charge in [0.15, 0.2) is 17.5 Å². The standard InChI is InChI=1S/C45H29N3S/c1-3-9-30(10-4-1)32-15-17-34(18-16-32)35-21-25-37(26-22-35)44-46-43(36-23-19-33(20-24-36)31-11-5-2-6-12-31)47-45(48-44)38-27-28-40-39-13-7-8-14-41(39)49-42(40)29-38/h1-29H. The SMILES string of the molecule is c1ccc(-c2ccc(-c3ccc(-c4nc(-c5ccc(-c6ccccc6)cc5)nc(-c5ccc6c(c5)sc5ccccc56)n4)cc3)cc2)cc1. The van der Waals surface area contributed by atoms with Crippen molar-refractivity contribution in [3.63, 3.8) is 0 Å². The molecular formula is C45H29N3S. The molecule has 2 heterocycles. The third-order valence-corrected chi connectivity index (χ3v) is 10.1. The monoisotopic (exact) mass is 643 g/mol. The molecule has 0 N–H and O–H groups in total. The van der Waals surface area contributed by atoms with E-state index in [1.807, 2.05) is 12.1 Å². The number of hydrogen-bond acceptors (Lipinski definition) is 4. The summed E-state index contributed by atoms with van der Waals surface area (Å²) in [7, 11) is 0. The van der Waals surface area contributed by atoms with Crippen molar-refractivity contribution >= 4 is 31.5 Å². The van der Waals surface area contributed by atoms with Crippen molar-refractivity contribution in [3.8, 4) is 67.5 Å². The van der Waals surface area contributed by atoms with E-state index in [9.17, 15) is 0 Å². The second kappa shape index (κ2) is 12.4. The van der Waals surface area contributed by atoms with Gasteiger partial charge in [-0.3, -0.25) is 0 Å². The highest BCUT2D eigenvalue weighted by molar-refractivity contribution is 7.25. The van der Waals surface area contributed by atoms with Crippen LogP contribution in [-0.2, 0) is 0 Å².